The number of benzene rings is 1. The zero-order chi connectivity index (χ0) is 13.1. The summed E-state index contributed by atoms with van der Waals surface area (Å²) in [6.07, 6.45) is 0. The van der Waals surface area contributed by atoms with Gasteiger partial charge in [-0.1, -0.05) is 6.07 Å². The van der Waals surface area contributed by atoms with E-state index in [2.05, 4.69) is 5.32 Å². The summed E-state index contributed by atoms with van der Waals surface area (Å²) >= 11 is 1.57. The molecule has 3 N–H and O–H groups in total. The summed E-state index contributed by atoms with van der Waals surface area (Å²) in [6.45, 7) is 1.89. The Bertz CT molecular complexity index is 554. The largest absolute Gasteiger partial charge is 0.396 e. The van der Waals surface area contributed by atoms with Crippen LogP contribution in [-0.2, 0) is 0 Å². The lowest BCUT2D eigenvalue weighted by Gasteiger charge is -2.12. The molecule has 0 unspecified atom stereocenters. The van der Waals surface area contributed by atoms with E-state index in [1.807, 2.05) is 24.4 Å². The molecular weight excluding hydrogens is 251 g/mol. The fraction of sp³-hybridized carbons (Fsp3) is 0.154. The minimum atomic E-state index is -0.577. The topological polar surface area (TPSA) is 55.1 Å². The van der Waals surface area contributed by atoms with E-state index in [9.17, 15) is 9.18 Å². The number of amides is 1. The molecule has 0 aliphatic heterocycles. The molecule has 5 heteroatoms. The Morgan fingerprint density at radius 3 is 2.83 bits per heavy atom. The van der Waals surface area contributed by atoms with Gasteiger partial charge >= 0.3 is 0 Å². The Balaban J connectivity index is 2.10. The van der Waals surface area contributed by atoms with Crippen molar-refractivity contribution in [1.29, 1.82) is 0 Å². The van der Waals surface area contributed by atoms with Crippen LogP contribution in [0.15, 0.2) is 35.7 Å². The number of hydrogen-bond acceptors (Lipinski definition) is 3. The van der Waals surface area contributed by atoms with E-state index in [1.54, 1.807) is 11.3 Å². The van der Waals surface area contributed by atoms with Crippen molar-refractivity contribution in [1.82, 2.24) is 5.32 Å². The van der Waals surface area contributed by atoms with Crippen molar-refractivity contribution in [2.24, 2.45) is 0 Å². The molecule has 0 spiro atoms. The van der Waals surface area contributed by atoms with E-state index in [4.69, 9.17) is 5.73 Å². The SMILES string of the molecule is C[C@@H](NC(=O)c1ccc(N)c(F)c1)c1cccs1. The Hall–Kier alpha value is -1.88. The first-order valence-electron chi connectivity index (χ1n) is 5.47. The third-order valence-electron chi connectivity index (χ3n) is 2.58. The van der Waals surface area contributed by atoms with E-state index in [-0.39, 0.29) is 23.2 Å². The monoisotopic (exact) mass is 264 g/mol. The molecule has 2 rings (SSSR count). The van der Waals surface area contributed by atoms with Crippen LogP contribution in [0.4, 0.5) is 10.1 Å². The van der Waals surface area contributed by atoms with Crippen LogP contribution in [0, 0.1) is 5.82 Å². The van der Waals surface area contributed by atoms with Gasteiger partial charge < -0.3 is 11.1 Å². The lowest BCUT2D eigenvalue weighted by Crippen LogP contribution is -2.26. The molecule has 1 aromatic carbocycles. The molecule has 0 aliphatic carbocycles. The highest BCUT2D eigenvalue weighted by molar-refractivity contribution is 7.10. The summed E-state index contributed by atoms with van der Waals surface area (Å²) in [5.74, 6) is -0.888. The summed E-state index contributed by atoms with van der Waals surface area (Å²) in [6, 6.07) is 7.81. The second-order valence-electron chi connectivity index (χ2n) is 3.95. The summed E-state index contributed by atoms with van der Waals surface area (Å²) in [5, 5.41) is 4.75. The van der Waals surface area contributed by atoms with Gasteiger partial charge in [0.05, 0.1) is 11.7 Å². The summed E-state index contributed by atoms with van der Waals surface area (Å²) in [4.78, 5) is 13.0. The zero-order valence-electron chi connectivity index (χ0n) is 9.81. The molecule has 1 atom stereocenters. The first-order chi connectivity index (χ1) is 8.58. The lowest BCUT2D eigenvalue weighted by molar-refractivity contribution is 0.0940. The van der Waals surface area contributed by atoms with Crippen LogP contribution in [0.25, 0.3) is 0 Å². The number of rotatable bonds is 3. The van der Waals surface area contributed by atoms with Gasteiger partial charge in [0.1, 0.15) is 5.82 Å². The molecule has 1 heterocycles. The van der Waals surface area contributed by atoms with Crippen molar-refractivity contribution in [3.05, 3.63) is 52.0 Å². The Morgan fingerprint density at radius 2 is 2.22 bits per heavy atom. The Kier molecular flexibility index (Phi) is 3.62. The molecule has 94 valence electrons. The average Bonchev–Trinajstić information content (AvgIpc) is 2.86. The van der Waals surface area contributed by atoms with Crippen molar-refractivity contribution in [2.45, 2.75) is 13.0 Å². The molecule has 0 saturated carbocycles. The molecule has 0 aliphatic rings. The summed E-state index contributed by atoms with van der Waals surface area (Å²) in [5.41, 5.74) is 5.67. The first-order valence-corrected chi connectivity index (χ1v) is 6.35. The van der Waals surface area contributed by atoms with Crippen LogP contribution in [0.2, 0.25) is 0 Å². The number of anilines is 1. The number of hydrogen-bond donors (Lipinski definition) is 2. The molecule has 1 amide bonds. The van der Waals surface area contributed by atoms with Crippen LogP contribution < -0.4 is 11.1 Å². The van der Waals surface area contributed by atoms with E-state index in [0.717, 1.165) is 10.9 Å². The van der Waals surface area contributed by atoms with Gasteiger partial charge in [-0.2, -0.15) is 0 Å². The Morgan fingerprint density at radius 1 is 1.44 bits per heavy atom. The predicted molar refractivity (Wildman–Crippen MR) is 71.0 cm³/mol. The minimum Gasteiger partial charge on any atom is -0.396 e. The van der Waals surface area contributed by atoms with Crippen molar-refractivity contribution >= 4 is 22.9 Å². The normalized spacial score (nSPS) is 12.1. The van der Waals surface area contributed by atoms with Gasteiger partial charge in [-0.3, -0.25) is 4.79 Å². The van der Waals surface area contributed by atoms with Crippen molar-refractivity contribution < 1.29 is 9.18 Å². The van der Waals surface area contributed by atoms with Crippen molar-refractivity contribution in [3.8, 4) is 0 Å². The molecular formula is C13H13FN2OS. The first kappa shape index (κ1) is 12.6. The maximum Gasteiger partial charge on any atom is 0.251 e. The standard InChI is InChI=1S/C13H13FN2OS/c1-8(12-3-2-6-18-12)16-13(17)9-4-5-11(15)10(14)7-9/h2-8H,15H2,1H3,(H,16,17)/t8-/m1/s1. The molecule has 3 nitrogen and oxygen atoms in total. The number of carbonyl (C=O) groups excluding carboxylic acids is 1. The van der Waals surface area contributed by atoms with Crippen LogP contribution in [0.3, 0.4) is 0 Å². The van der Waals surface area contributed by atoms with E-state index < -0.39 is 5.82 Å². The third kappa shape index (κ3) is 2.68. The van der Waals surface area contributed by atoms with Gasteiger partial charge in [-0.15, -0.1) is 11.3 Å². The van der Waals surface area contributed by atoms with Crippen LogP contribution in [0.1, 0.15) is 28.2 Å². The number of nitrogens with one attached hydrogen (secondary N) is 1. The maximum absolute atomic E-state index is 13.2. The average molecular weight is 264 g/mol. The highest BCUT2D eigenvalue weighted by Gasteiger charge is 2.13. The molecule has 1 aromatic heterocycles. The van der Waals surface area contributed by atoms with Crippen molar-refractivity contribution in [3.63, 3.8) is 0 Å². The lowest BCUT2D eigenvalue weighted by atomic mass is 10.1. The summed E-state index contributed by atoms with van der Waals surface area (Å²) in [7, 11) is 0. The highest BCUT2D eigenvalue weighted by atomic mass is 32.1. The molecule has 18 heavy (non-hydrogen) atoms. The molecule has 2 aromatic rings. The fourth-order valence-electron chi connectivity index (χ4n) is 1.56. The minimum absolute atomic E-state index is 0.0397. The van der Waals surface area contributed by atoms with Crippen LogP contribution in [0.5, 0.6) is 0 Å². The van der Waals surface area contributed by atoms with Crippen molar-refractivity contribution in [2.75, 3.05) is 5.73 Å². The Labute approximate surface area is 108 Å². The van der Waals surface area contributed by atoms with Gasteiger partial charge in [0.15, 0.2) is 0 Å². The number of nitrogen functional groups attached to an aromatic ring is 1. The zero-order valence-corrected chi connectivity index (χ0v) is 10.6. The van der Waals surface area contributed by atoms with Gasteiger partial charge in [0.25, 0.3) is 5.91 Å². The fourth-order valence-corrected chi connectivity index (χ4v) is 2.29. The van der Waals surface area contributed by atoms with E-state index in [1.165, 1.54) is 12.1 Å². The summed E-state index contributed by atoms with van der Waals surface area (Å²) < 4.78 is 13.2. The van der Waals surface area contributed by atoms with Gasteiger partial charge in [0, 0.05) is 10.4 Å². The smallest absolute Gasteiger partial charge is 0.251 e. The van der Waals surface area contributed by atoms with Crippen LogP contribution in [-0.4, -0.2) is 5.91 Å². The van der Waals surface area contributed by atoms with Gasteiger partial charge in [0.2, 0.25) is 0 Å². The van der Waals surface area contributed by atoms with E-state index >= 15 is 0 Å². The number of nitrogens with two attached hydrogens (primary N) is 1. The second kappa shape index (κ2) is 5.18. The van der Waals surface area contributed by atoms with E-state index in [0.29, 0.717) is 0 Å². The highest BCUT2D eigenvalue weighted by Crippen LogP contribution is 2.19. The number of carbonyl (C=O) groups is 1. The maximum atomic E-state index is 13.2. The van der Waals surface area contributed by atoms with Gasteiger partial charge in [-0.25, -0.2) is 4.39 Å². The molecule has 0 radical (unpaired) electrons. The predicted octanol–water partition coefficient (Wildman–Crippen LogP) is 2.96. The third-order valence-corrected chi connectivity index (χ3v) is 3.64. The molecule has 0 saturated heterocycles. The molecule has 0 bridgehead atoms. The molecule has 0 fully saturated rings. The number of halogens is 1. The number of thiophene rings is 1. The quantitative estimate of drug-likeness (QED) is 0.837. The van der Waals surface area contributed by atoms with Crippen LogP contribution >= 0.6 is 11.3 Å². The van der Waals surface area contributed by atoms with Gasteiger partial charge in [-0.05, 0) is 36.6 Å². The second-order valence-corrected chi connectivity index (χ2v) is 4.93.